The van der Waals surface area contributed by atoms with E-state index in [4.69, 9.17) is 4.74 Å². The van der Waals surface area contributed by atoms with E-state index in [0.29, 0.717) is 24.7 Å². The fraction of sp³-hybridized carbons (Fsp3) is 0.500. The Morgan fingerprint density at radius 3 is 2.62 bits per heavy atom. The maximum atomic E-state index is 12.6. The average molecular weight is 332 g/mol. The van der Waals surface area contributed by atoms with Crippen LogP contribution in [0.2, 0.25) is 0 Å². The van der Waals surface area contributed by atoms with Crippen molar-refractivity contribution in [1.29, 1.82) is 0 Å². The SMILES string of the molecule is COC(=O)c1ccccc1N(CC(=O)N1CCCC(C)C1)C(C)=O. The second-order valence-corrected chi connectivity index (χ2v) is 6.20. The van der Waals surface area contributed by atoms with Crippen LogP contribution in [0.1, 0.15) is 37.0 Å². The van der Waals surface area contributed by atoms with E-state index in [1.807, 2.05) is 0 Å². The molecule has 0 radical (unpaired) electrons. The maximum Gasteiger partial charge on any atom is 0.339 e. The molecule has 1 heterocycles. The smallest absolute Gasteiger partial charge is 0.339 e. The zero-order valence-electron chi connectivity index (χ0n) is 14.4. The Morgan fingerprint density at radius 2 is 2.00 bits per heavy atom. The number of likely N-dealkylation sites (tertiary alicyclic amines) is 1. The third-order valence-electron chi connectivity index (χ3n) is 4.28. The molecule has 6 heteroatoms. The van der Waals surface area contributed by atoms with Crippen LogP contribution in [0, 0.1) is 5.92 Å². The van der Waals surface area contributed by atoms with Crippen molar-refractivity contribution in [3.63, 3.8) is 0 Å². The largest absolute Gasteiger partial charge is 0.465 e. The molecule has 1 aliphatic heterocycles. The van der Waals surface area contributed by atoms with E-state index < -0.39 is 5.97 Å². The number of benzene rings is 1. The molecule has 1 fully saturated rings. The monoisotopic (exact) mass is 332 g/mol. The second kappa shape index (κ2) is 7.95. The van der Waals surface area contributed by atoms with Crippen LogP contribution in [0.4, 0.5) is 5.69 Å². The summed E-state index contributed by atoms with van der Waals surface area (Å²) in [5.41, 5.74) is 0.672. The first-order valence-corrected chi connectivity index (χ1v) is 8.17. The molecule has 0 saturated carbocycles. The highest BCUT2D eigenvalue weighted by Crippen LogP contribution is 2.22. The van der Waals surface area contributed by atoms with E-state index in [0.717, 1.165) is 12.8 Å². The van der Waals surface area contributed by atoms with Crippen molar-refractivity contribution in [1.82, 2.24) is 4.90 Å². The van der Waals surface area contributed by atoms with Gasteiger partial charge in [-0.3, -0.25) is 9.59 Å². The molecule has 0 aromatic heterocycles. The molecule has 1 saturated heterocycles. The van der Waals surface area contributed by atoms with Gasteiger partial charge in [-0.15, -0.1) is 0 Å². The second-order valence-electron chi connectivity index (χ2n) is 6.20. The number of hydrogen-bond donors (Lipinski definition) is 0. The fourth-order valence-corrected chi connectivity index (χ4v) is 3.01. The normalized spacial score (nSPS) is 17.3. The first kappa shape index (κ1) is 18.0. The lowest BCUT2D eigenvalue weighted by atomic mass is 10.0. The lowest BCUT2D eigenvalue weighted by Crippen LogP contribution is -2.46. The van der Waals surface area contributed by atoms with Gasteiger partial charge in [-0.05, 0) is 30.9 Å². The minimum atomic E-state index is -0.532. The number of esters is 1. The molecule has 0 spiro atoms. The molecule has 1 aliphatic rings. The molecule has 2 rings (SSSR count). The average Bonchev–Trinajstić information content (AvgIpc) is 2.58. The van der Waals surface area contributed by atoms with Crippen LogP contribution in [-0.2, 0) is 14.3 Å². The minimum absolute atomic E-state index is 0.0734. The van der Waals surface area contributed by atoms with Crippen LogP contribution in [-0.4, -0.2) is 49.4 Å². The van der Waals surface area contributed by atoms with Crippen LogP contribution >= 0.6 is 0 Å². The fourth-order valence-electron chi connectivity index (χ4n) is 3.01. The molecule has 1 aromatic rings. The number of amides is 2. The maximum absolute atomic E-state index is 12.6. The molecule has 0 N–H and O–H groups in total. The number of para-hydroxylation sites is 1. The van der Waals surface area contributed by atoms with Gasteiger partial charge in [0, 0.05) is 20.0 Å². The third kappa shape index (κ3) is 4.13. The van der Waals surface area contributed by atoms with E-state index in [1.165, 1.54) is 18.9 Å². The van der Waals surface area contributed by atoms with E-state index in [-0.39, 0.29) is 23.9 Å². The molecule has 1 unspecified atom stereocenters. The van der Waals surface area contributed by atoms with E-state index >= 15 is 0 Å². The van der Waals surface area contributed by atoms with Crippen molar-refractivity contribution in [2.45, 2.75) is 26.7 Å². The van der Waals surface area contributed by atoms with Crippen molar-refractivity contribution in [2.75, 3.05) is 31.6 Å². The lowest BCUT2D eigenvalue weighted by molar-refractivity contribution is -0.132. The molecule has 1 aromatic carbocycles. The number of rotatable bonds is 4. The third-order valence-corrected chi connectivity index (χ3v) is 4.28. The number of anilines is 1. The summed E-state index contributed by atoms with van der Waals surface area (Å²) in [5, 5.41) is 0. The van der Waals surface area contributed by atoms with Gasteiger partial charge in [-0.1, -0.05) is 19.1 Å². The summed E-state index contributed by atoms with van der Waals surface area (Å²) in [4.78, 5) is 39.8. The number of nitrogens with zero attached hydrogens (tertiary/aromatic N) is 2. The number of carbonyl (C=O) groups is 3. The summed E-state index contributed by atoms with van der Waals surface area (Å²) >= 11 is 0. The van der Waals surface area contributed by atoms with E-state index in [9.17, 15) is 14.4 Å². The van der Waals surface area contributed by atoms with Crippen LogP contribution in [0.25, 0.3) is 0 Å². The van der Waals surface area contributed by atoms with Gasteiger partial charge in [0.25, 0.3) is 0 Å². The highest BCUT2D eigenvalue weighted by atomic mass is 16.5. The standard InChI is InChI=1S/C18H24N2O4/c1-13-7-6-10-19(11-13)17(22)12-20(14(2)21)16-9-5-4-8-15(16)18(23)24-3/h4-5,8-9,13H,6-7,10-12H2,1-3H3. The van der Waals surface area contributed by atoms with Crippen LogP contribution < -0.4 is 4.90 Å². The minimum Gasteiger partial charge on any atom is -0.465 e. The number of ether oxygens (including phenoxy) is 1. The Labute approximate surface area is 142 Å². The summed E-state index contributed by atoms with van der Waals surface area (Å²) in [6.45, 7) is 4.86. The van der Waals surface area contributed by atoms with Crippen molar-refractivity contribution in [3.8, 4) is 0 Å². The van der Waals surface area contributed by atoms with Gasteiger partial charge in [-0.25, -0.2) is 4.79 Å². The molecular weight excluding hydrogens is 308 g/mol. The highest BCUT2D eigenvalue weighted by molar-refractivity contribution is 6.04. The topological polar surface area (TPSA) is 66.9 Å². The van der Waals surface area contributed by atoms with Gasteiger partial charge >= 0.3 is 5.97 Å². The summed E-state index contributed by atoms with van der Waals surface area (Å²) < 4.78 is 4.77. The molecule has 6 nitrogen and oxygen atoms in total. The molecule has 130 valence electrons. The summed E-state index contributed by atoms with van der Waals surface area (Å²) in [7, 11) is 1.29. The Kier molecular flexibility index (Phi) is 5.95. The van der Waals surface area contributed by atoms with Crippen LogP contribution in [0.15, 0.2) is 24.3 Å². The predicted octanol–water partition coefficient (Wildman–Crippen LogP) is 2.08. The predicted molar refractivity (Wildman–Crippen MR) is 90.8 cm³/mol. The Bertz CT molecular complexity index is 629. The summed E-state index contributed by atoms with van der Waals surface area (Å²) in [6.07, 6.45) is 2.09. The van der Waals surface area contributed by atoms with Gasteiger partial charge in [0.1, 0.15) is 6.54 Å². The Hall–Kier alpha value is -2.37. The van der Waals surface area contributed by atoms with Crippen molar-refractivity contribution in [2.24, 2.45) is 5.92 Å². The van der Waals surface area contributed by atoms with Crippen molar-refractivity contribution >= 4 is 23.5 Å². The van der Waals surface area contributed by atoms with Crippen molar-refractivity contribution < 1.29 is 19.1 Å². The zero-order valence-corrected chi connectivity index (χ0v) is 14.4. The summed E-state index contributed by atoms with van der Waals surface area (Å²) in [5.74, 6) is -0.451. The lowest BCUT2D eigenvalue weighted by Gasteiger charge is -2.33. The Morgan fingerprint density at radius 1 is 1.29 bits per heavy atom. The number of methoxy groups -OCH3 is 1. The first-order chi connectivity index (χ1) is 11.4. The quantitative estimate of drug-likeness (QED) is 0.792. The highest BCUT2D eigenvalue weighted by Gasteiger charge is 2.26. The first-order valence-electron chi connectivity index (χ1n) is 8.17. The molecular formula is C18H24N2O4. The van der Waals surface area contributed by atoms with Crippen LogP contribution in [0.5, 0.6) is 0 Å². The Balaban J connectivity index is 2.23. The van der Waals surface area contributed by atoms with E-state index in [2.05, 4.69) is 6.92 Å². The summed E-state index contributed by atoms with van der Waals surface area (Å²) in [6, 6.07) is 6.66. The molecule has 0 aliphatic carbocycles. The van der Waals surface area contributed by atoms with E-state index in [1.54, 1.807) is 29.2 Å². The van der Waals surface area contributed by atoms with Gasteiger partial charge in [0.15, 0.2) is 0 Å². The molecule has 2 amide bonds. The number of piperidine rings is 1. The molecule has 0 bridgehead atoms. The van der Waals surface area contributed by atoms with Gasteiger partial charge in [0.05, 0.1) is 18.4 Å². The number of hydrogen-bond acceptors (Lipinski definition) is 4. The zero-order chi connectivity index (χ0) is 17.7. The molecule has 1 atom stereocenters. The number of carbonyl (C=O) groups excluding carboxylic acids is 3. The van der Waals surface area contributed by atoms with Gasteiger partial charge in [0.2, 0.25) is 11.8 Å². The van der Waals surface area contributed by atoms with Gasteiger partial charge in [-0.2, -0.15) is 0 Å². The molecule has 24 heavy (non-hydrogen) atoms. The van der Waals surface area contributed by atoms with Gasteiger partial charge < -0.3 is 14.5 Å². The van der Waals surface area contributed by atoms with Crippen molar-refractivity contribution in [3.05, 3.63) is 29.8 Å². The van der Waals surface area contributed by atoms with Crippen LogP contribution in [0.3, 0.4) is 0 Å².